The summed E-state index contributed by atoms with van der Waals surface area (Å²) in [5.41, 5.74) is 0. The first-order chi connectivity index (χ1) is 13.6. The first-order valence-electron chi connectivity index (χ1n) is 9.50. The second-order valence-corrected chi connectivity index (χ2v) is 6.21. The van der Waals surface area contributed by atoms with Gasteiger partial charge in [0, 0.05) is 32.4 Å². The van der Waals surface area contributed by atoms with Crippen molar-refractivity contribution in [3.63, 3.8) is 0 Å². The van der Waals surface area contributed by atoms with Crippen LogP contribution in [0, 0.1) is 0 Å². The molecule has 0 radical (unpaired) electrons. The first kappa shape index (κ1) is 21.3. The molecule has 1 saturated heterocycles. The standard InChI is InChI=1S/C22H29N3O3/c1-5-8-20(28-19-11-9-18(27-4)10-12-19)22(23-13-6-2)25-16-14-24(15-17-25)21(26)7-3/h6-13H,3,5,14-17H2,1-2,4H3/b13-6-,20-8-,23-22-. The molecule has 1 aromatic carbocycles. The van der Waals surface area contributed by atoms with E-state index >= 15 is 0 Å². The van der Waals surface area contributed by atoms with Crippen molar-refractivity contribution < 1.29 is 14.3 Å². The molecule has 28 heavy (non-hydrogen) atoms. The Morgan fingerprint density at radius 2 is 1.75 bits per heavy atom. The number of hydrogen-bond donors (Lipinski definition) is 0. The minimum Gasteiger partial charge on any atom is -0.497 e. The summed E-state index contributed by atoms with van der Waals surface area (Å²) in [6.07, 6.45) is 7.84. The predicted octanol–water partition coefficient (Wildman–Crippen LogP) is 3.63. The van der Waals surface area contributed by atoms with Crippen LogP contribution in [0.1, 0.15) is 20.3 Å². The first-order valence-corrected chi connectivity index (χ1v) is 9.50. The summed E-state index contributed by atoms with van der Waals surface area (Å²) in [5, 5.41) is 0. The van der Waals surface area contributed by atoms with Crippen LogP contribution in [-0.4, -0.2) is 54.8 Å². The maximum atomic E-state index is 11.8. The molecule has 0 aromatic heterocycles. The Labute approximate surface area is 167 Å². The maximum Gasteiger partial charge on any atom is 0.246 e. The lowest BCUT2D eigenvalue weighted by Gasteiger charge is -2.36. The number of carbonyl (C=O) groups excluding carboxylic acids is 1. The molecule has 1 aliphatic rings. The molecule has 0 N–H and O–H groups in total. The van der Waals surface area contributed by atoms with E-state index in [2.05, 4.69) is 23.4 Å². The molecule has 1 aliphatic heterocycles. The normalized spacial score (nSPS) is 15.7. The third-order valence-electron chi connectivity index (χ3n) is 4.31. The van der Waals surface area contributed by atoms with Crippen LogP contribution in [0.25, 0.3) is 0 Å². The zero-order chi connectivity index (χ0) is 20.4. The number of allylic oxidation sites excluding steroid dienone is 2. The maximum absolute atomic E-state index is 11.8. The Morgan fingerprint density at radius 3 is 2.29 bits per heavy atom. The number of amidine groups is 1. The van der Waals surface area contributed by atoms with Crippen LogP contribution in [0.4, 0.5) is 0 Å². The molecule has 1 aromatic rings. The van der Waals surface area contributed by atoms with Crippen LogP contribution in [0.3, 0.4) is 0 Å². The van der Waals surface area contributed by atoms with Crippen LogP contribution in [0.15, 0.2) is 66.0 Å². The molecule has 2 rings (SSSR count). The molecular formula is C22H29N3O3. The minimum absolute atomic E-state index is 0.0367. The second-order valence-electron chi connectivity index (χ2n) is 6.21. The highest BCUT2D eigenvalue weighted by Gasteiger charge is 2.24. The summed E-state index contributed by atoms with van der Waals surface area (Å²) in [4.78, 5) is 20.4. The number of piperazine rings is 1. The molecule has 1 amide bonds. The molecule has 0 bridgehead atoms. The molecule has 0 spiro atoms. The lowest BCUT2D eigenvalue weighted by atomic mass is 10.2. The molecule has 6 nitrogen and oxygen atoms in total. The van der Waals surface area contributed by atoms with Crippen LogP contribution in [0.2, 0.25) is 0 Å². The van der Waals surface area contributed by atoms with Crippen LogP contribution in [-0.2, 0) is 4.79 Å². The zero-order valence-electron chi connectivity index (χ0n) is 16.9. The Balaban J connectivity index is 2.21. The summed E-state index contributed by atoms with van der Waals surface area (Å²) in [7, 11) is 1.64. The number of aliphatic imine (C=N–C) groups is 1. The molecular weight excluding hydrogens is 354 g/mol. The number of benzene rings is 1. The summed E-state index contributed by atoms with van der Waals surface area (Å²) in [6, 6.07) is 7.47. The van der Waals surface area contributed by atoms with Crippen molar-refractivity contribution in [3.05, 3.63) is 61.0 Å². The fraction of sp³-hybridized carbons (Fsp3) is 0.364. The van der Waals surface area contributed by atoms with Gasteiger partial charge in [0.1, 0.15) is 11.5 Å². The topological polar surface area (TPSA) is 54.4 Å². The van der Waals surface area contributed by atoms with Gasteiger partial charge in [-0.2, -0.15) is 0 Å². The van der Waals surface area contributed by atoms with E-state index in [9.17, 15) is 4.79 Å². The molecule has 0 unspecified atom stereocenters. The summed E-state index contributed by atoms with van der Waals surface area (Å²) < 4.78 is 11.4. The minimum atomic E-state index is -0.0367. The number of amides is 1. The van der Waals surface area contributed by atoms with E-state index in [-0.39, 0.29) is 5.91 Å². The highest BCUT2D eigenvalue weighted by molar-refractivity contribution is 5.97. The molecule has 1 heterocycles. The summed E-state index contributed by atoms with van der Waals surface area (Å²) in [6.45, 7) is 10.2. The Bertz CT molecular complexity index is 743. The van der Waals surface area contributed by atoms with Gasteiger partial charge in [0.15, 0.2) is 11.6 Å². The van der Waals surface area contributed by atoms with Gasteiger partial charge in [-0.15, -0.1) is 0 Å². The van der Waals surface area contributed by atoms with Crippen molar-refractivity contribution in [2.24, 2.45) is 4.99 Å². The number of nitrogens with zero attached hydrogens (tertiary/aromatic N) is 3. The number of carbonyl (C=O) groups is 1. The van der Waals surface area contributed by atoms with E-state index in [0.717, 1.165) is 18.0 Å². The predicted molar refractivity (Wildman–Crippen MR) is 113 cm³/mol. The monoisotopic (exact) mass is 383 g/mol. The van der Waals surface area contributed by atoms with E-state index in [4.69, 9.17) is 9.47 Å². The lowest BCUT2D eigenvalue weighted by Crippen LogP contribution is -2.50. The van der Waals surface area contributed by atoms with Crippen molar-refractivity contribution >= 4 is 11.7 Å². The third kappa shape index (κ3) is 5.74. The van der Waals surface area contributed by atoms with Crippen molar-refractivity contribution in [1.29, 1.82) is 0 Å². The van der Waals surface area contributed by atoms with Crippen LogP contribution < -0.4 is 9.47 Å². The van der Waals surface area contributed by atoms with Gasteiger partial charge >= 0.3 is 0 Å². The fourth-order valence-electron chi connectivity index (χ4n) is 2.85. The fourth-order valence-corrected chi connectivity index (χ4v) is 2.85. The third-order valence-corrected chi connectivity index (χ3v) is 4.31. The van der Waals surface area contributed by atoms with Gasteiger partial charge in [-0.1, -0.05) is 19.6 Å². The smallest absolute Gasteiger partial charge is 0.246 e. The van der Waals surface area contributed by atoms with E-state index in [0.29, 0.717) is 37.7 Å². The number of rotatable bonds is 7. The Hall–Kier alpha value is -3.02. The molecule has 150 valence electrons. The van der Waals surface area contributed by atoms with Crippen LogP contribution in [0.5, 0.6) is 11.5 Å². The van der Waals surface area contributed by atoms with Crippen molar-refractivity contribution in [2.75, 3.05) is 33.3 Å². The zero-order valence-corrected chi connectivity index (χ0v) is 16.9. The van der Waals surface area contributed by atoms with Gasteiger partial charge in [-0.25, -0.2) is 4.99 Å². The van der Waals surface area contributed by atoms with Crippen molar-refractivity contribution in [1.82, 2.24) is 9.80 Å². The summed E-state index contributed by atoms with van der Waals surface area (Å²) in [5.74, 6) is 2.93. The number of hydrogen-bond acceptors (Lipinski definition) is 4. The molecule has 0 saturated carbocycles. The van der Waals surface area contributed by atoms with E-state index < -0.39 is 0 Å². The largest absolute Gasteiger partial charge is 0.497 e. The lowest BCUT2D eigenvalue weighted by molar-refractivity contribution is -0.127. The van der Waals surface area contributed by atoms with Gasteiger partial charge in [0.25, 0.3) is 0 Å². The van der Waals surface area contributed by atoms with Crippen molar-refractivity contribution in [2.45, 2.75) is 20.3 Å². The number of methoxy groups -OCH3 is 1. The molecule has 6 heteroatoms. The quantitative estimate of drug-likeness (QED) is 0.312. The molecule has 1 fully saturated rings. The average Bonchev–Trinajstić information content (AvgIpc) is 2.74. The molecule has 0 atom stereocenters. The van der Waals surface area contributed by atoms with Gasteiger partial charge in [-0.3, -0.25) is 4.79 Å². The van der Waals surface area contributed by atoms with Gasteiger partial charge in [0.05, 0.1) is 7.11 Å². The highest BCUT2D eigenvalue weighted by atomic mass is 16.5. The number of ether oxygens (including phenoxy) is 2. The Kier molecular flexibility index (Phi) is 8.34. The average molecular weight is 383 g/mol. The van der Waals surface area contributed by atoms with E-state index in [1.165, 1.54) is 6.08 Å². The van der Waals surface area contributed by atoms with Gasteiger partial charge in [0.2, 0.25) is 5.91 Å². The van der Waals surface area contributed by atoms with Crippen molar-refractivity contribution in [3.8, 4) is 11.5 Å². The van der Waals surface area contributed by atoms with E-state index in [1.807, 2.05) is 43.3 Å². The van der Waals surface area contributed by atoms with Gasteiger partial charge in [-0.05, 0) is 49.8 Å². The van der Waals surface area contributed by atoms with E-state index in [1.54, 1.807) is 18.2 Å². The summed E-state index contributed by atoms with van der Waals surface area (Å²) >= 11 is 0. The molecule has 0 aliphatic carbocycles. The van der Waals surface area contributed by atoms with Gasteiger partial charge < -0.3 is 19.3 Å². The Morgan fingerprint density at radius 1 is 1.14 bits per heavy atom. The second kappa shape index (κ2) is 11.0. The van der Waals surface area contributed by atoms with Crippen LogP contribution >= 0.6 is 0 Å². The highest BCUT2D eigenvalue weighted by Crippen LogP contribution is 2.21. The SMILES string of the molecule is C=CC(=O)N1CCN(C(=N\C=C/C)/C(=C/CC)Oc2ccc(OC)cc2)CC1.